The third kappa shape index (κ3) is 12.8. The van der Waals surface area contributed by atoms with E-state index in [0.29, 0.717) is 13.0 Å². The third-order valence-corrected chi connectivity index (χ3v) is 2.04. The first-order valence-corrected chi connectivity index (χ1v) is 5.64. The summed E-state index contributed by atoms with van der Waals surface area (Å²) >= 11 is 0. The van der Waals surface area contributed by atoms with Crippen LogP contribution in [0.15, 0.2) is 0 Å². The second kappa shape index (κ2) is 12.2. The van der Waals surface area contributed by atoms with Crippen LogP contribution in [-0.4, -0.2) is 52.5 Å². The lowest BCUT2D eigenvalue weighted by Crippen LogP contribution is -2.30. The zero-order valence-electron chi connectivity index (χ0n) is 10.3. The molecule has 0 heterocycles. The van der Waals surface area contributed by atoms with Crippen molar-refractivity contribution in [3.05, 3.63) is 0 Å². The Morgan fingerprint density at radius 1 is 0.944 bits per heavy atom. The van der Waals surface area contributed by atoms with Gasteiger partial charge in [0.05, 0.1) is 0 Å². The van der Waals surface area contributed by atoms with Gasteiger partial charge in [-0.3, -0.25) is 9.59 Å². The van der Waals surface area contributed by atoms with Crippen LogP contribution >= 0.6 is 0 Å². The number of carboxylic acids is 2. The summed E-state index contributed by atoms with van der Waals surface area (Å²) in [4.78, 5) is 20.0. The molecule has 8 heteroatoms. The Hall–Kier alpha value is -1.22. The van der Waals surface area contributed by atoms with E-state index in [-0.39, 0.29) is 13.0 Å². The van der Waals surface area contributed by atoms with Gasteiger partial charge < -0.3 is 32.5 Å². The average Bonchev–Trinajstić information content (AvgIpc) is 2.30. The van der Waals surface area contributed by atoms with Crippen molar-refractivity contribution in [3.63, 3.8) is 0 Å². The molecule has 0 rings (SSSR count). The van der Waals surface area contributed by atoms with Gasteiger partial charge in [0.15, 0.2) is 0 Å². The lowest BCUT2D eigenvalue weighted by Gasteiger charge is -2.03. The van der Waals surface area contributed by atoms with Gasteiger partial charge in [0.25, 0.3) is 0 Å². The summed E-state index contributed by atoms with van der Waals surface area (Å²) in [7, 11) is 0. The van der Waals surface area contributed by atoms with E-state index in [2.05, 4.69) is 0 Å². The summed E-state index contributed by atoms with van der Waals surface area (Å²) in [6, 6.07) is -1.63. The number of rotatable bonds is 8. The Kier molecular flexibility index (Phi) is 13.0. The Labute approximate surface area is 106 Å². The van der Waals surface area contributed by atoms with Gasteiger partial charge in [-0.2, -0.15) is 0 Å². The highest BCUT2D eigenvalue weighted by atomic mass is 16.4. The number of hydrogen-bond acceptors (Lipinski definition) is 6. The Bertz CT molecular complexity index is 238. The lowest BCUT2D eigenvalue weighted by molar-refractivity contribution is -0.139. The van der Waals surface area contributed by atoms with Gasteiger partial charge in [0.2, 0.25) is 0 Å². The highest BCUT2D eigenvalue weighted by Gasteiger charge is 2.09. The number of aliphatic hydroxyl groups is 1. The van der Waals surface area contributed by atoms with Crippen LogP contribution in [0.4, 0.5) is 0 Å². The van der Waals surface area contributed by atoms with Crippen LogP contribution in [0.1, 0.15) is 25.7 Å². The van der Waals surface area contributed by atoms with E-state index in [0.717, 1.165) is 12.8 Å². The van der Waals surface area contributed by atoms with Crippen LogP contribution in [0, 0.1) is 0 Å². The maximum Gasteiger partial charge on any atom is 0.320 e. The van der Waals surface area contributed by atoms with Crippen molar-refractivity contribution in [2.75, 3.05) is 13.2 Å². The van der Waals surface area contributed by atoms with E-state index in [4.69, 9.17) is 32.5 Å². The largest absolute Gasteiger partial charge is 0.480 e. The molecular formula is C10H23N3O5. The molecule has 0 aliphatic heterocycles. The summed E-state index contributed by atoms with van der Waals surface area (Å²) in [6.45, 7) is 0.430. The second-order valence-corrected chi connectivity index (χ2v) is 3.69. The summed E-state index contributed by atoms with van der Waals surface area (Å²) in [5.41, 5.74) is 15.4. The molecule has 0 spiro atoms. The van der Waals surface area contributed by atoms with E-state index in [1.54, 1.807) is 0 Å². The number of carbonyl (C=O) groups is 2. The molecule has 0 bridgehead atoms. The van der Waals surface area contributed by atoms with Gasteiger partial charge in [0, 0.05) is 6.61 Å². The quantitative estimate of drug-likeness (QED) is 0.282. The molecule has 0 amide bonds. The summed E-state index contributed by atoms with van der Waals surface area (Å²) < 4.78 is 0. The maximum atomic E-state index is 10.1. The molecule has 9 N–H and O–H groups in total. The second-order valence-electron chi connectivity index (χ2n) is 3.69. The van der Waals surface area contributed by atoms with Crippen LogP contribution in [-0.2, 0) is 9.59 Å². The zero-order valence-corrected chi connectivity index (χ0v) is 10.3. The molecule has 0 fully saturated rings. The Morgan fingerprint density at radius 3 is 1.67 bits per heavy atom. The molecule has 0 aliphatic rings. The number of aliphatic hydroxyl groups excluding tert-OH is 1. The number of aliphatic carboxylic acids is 2. The molecule has 2 atom stereocenters. The van der Waals surface area contributed by atoms with Crippen molar-refractivity contribution in [2.24, 2.45) is 17.2 Å². The molecule has 0 radical (unpaired) electrons. The normalized spacial score (nSPS) is 13.1. The van der Waals surface area contributed by atoms with Gasteiger partial charge in [-0.1, -0.05) is 6.42 Å². The molecule has 0 unspecified atom stereocenters. The van der Waals surface area contributed by atoms with Crippen molar-refractivity contribution in [2.45, 2.75) is 37.8 Å². The summed E-state index contributed by atoms with van der Waals surface area (Å²) in [5.74, 6) is -2.00. The van der Waals surface area contributed by atoms with Crippen molar-refractivity contribution in [1.29, 1.82) is 0 Å². The van der Waals surface area contributed by atoms with Gasteiger partial charge in [-0.25, -0.2) is 0 Å². The highest BCUT2D eigenvalue weighted by molar-refractivity contribution is 5.73. The first kappa shape index (κ1) is 19.1. The highest BCUT2D eigenvalue weighted by Crippen LogP contribution is 1.96. The molecule has 0 aliphatic carbocycles. The van der Waals surface area contributed by atoms with Crippen LogP contribution in [0.5, 0.6) is 0 Å². The predicted octanol–water partition coefficient (Wildman–Crippen LogP) is -1.69. The topological polar surface area (TPSA) is 173 Å². The van der Waals surface area contributed by atoms with Crippen molar-refractivity contribution >= 4 is 11.9 Å². The third-order valence-electron chi connectivity index (χ3n) is 2.04. The fourth-order valence-electron chi connectivity index (χ4n) is 0.895. The molecule has 0 saturated carbocycles. The van der Waals surface area contributed by atoms with E-state index in [1.165, 1.54) is 0 Å². The smallest absolute Gasteiger partial charge is 0.320 e. The lowest BCUT2D eigenvalue weighted by atomic mass is 10.1. The minimum absolute atomic E-state index is 0.120. The van der Waals surface area contributed by atoms with E-state index < -0.39 is 24.0 Å². The predicted molar refractivity (Wildman–Crippen MR) is 65.8 cm³/mol. The molecule has 0 aromatic carbocycles. The zero-order chi connectivity index (χ0) is 14.6. The molecular weight excluding hydrogens is 242 g/mol. The molecule has 108 valence electrons. The fraction of sp³-hybridized carbons (Fsp3) is 0.800. The number of hydrogen-bond donors (Lipinski definition) is 6. The summed E-state index contributed by atoms with van der Waals surface area (Å²) in [5, 5.41) is 24.5. The molecule has 0 aromatic rings. The standard InChI is InChI=1S/C6H14N2O2.C4H9NO3/c7-4-2-1-3-5(8)6(9)10;5-3(1-2-6)4(7)8/h5H,1-4,7-8H2,(H,9,10);3,6H,1-2,5H2,(H,7,8)/t5-;3-/m00/s1. The van der Waals surface area contributed by atoms with Crippen molar-refractivity contribution < 1.29 is 24.9 Å². The first-order valence-electron chi connectivity index (χ1n) is 5.64. The number of unbranched alkanes of at least 4 members (excludes halogenated alkanes) is 1. The summed E-state index contributed by atoms with van der Waals surface area (Å²) in [6.07, 6.45) is 2.28. The van der Waals surface area contributed by atoms with E-state index in [1.807, 2.05) is 0 Å². The monoisotopic (exact) mass is 265 g/mol. The molecule has 0 aromatic heterocycles. The minimum atomic E-state index is -1.07. The first-order chi connectivity index (χ1) is 8.36. The van der Waals surface area contributed by atoms with E-state index in [9.17, 15) is 9.59 Å². The van der Waals surface area contributed by atoms with Gasteiger partial charge >= 0.3 is 11.9 Å². The van der Waals surface area contributed by atoms with Crippen LogP contribution in [0.25, 0.3) is 0 Å². The fourth-order valence-corrected chi connectivity index (χ4v) is 0.895. The SMILES string of the molecule is NCCCC[C@H](N)C(=O)O.N[C@@H](CCO)C(=O)O. The van der Waals surface area contributed by atoms with Crippen LogP contribution in [0.2, 0.25) is 0 Å². The average molecular weight is 265 g/mol. The van der Waals surface area contributed by atoms with Gasteiger partial charge in [0.1, 0.15) is 12.1 Å². The van der Waals surface area contributed by atoms with E-state index >= 15 is 0 Å². The number of carboxylic acid groups (broad SMARTS) is 2. The molecule has 0 saturated heterocycles. The van der Waals surface area contributed by atoms with Crippen LogP contribution < -0.4 is 17.2 Å². The van der Waals surface area contributed by atoms with Gasteiger partial charge in [-0.15, -0.1) is 0 Å². The molecule has 18 heavy (non-hydrogen) atoms. The van der Waals surface area contributed by atoms with Gasteiger partial charge in [-0.05, 0) is 25.8 Å². The van der Waals surface area contributed by atoms with Crippen molar-refractivity contribution in [1.82, 2.24) is 0 Å². The Morgan fingerprint density at radius 2 is 1.39 bits per heavy atom. The van der Waals surface area contributed by atoms with Crippen molar-refractivity contribution in [3.8, 4) is 0 Å². The maximum absolute atomic E-state index is 10.1. The van der Waals surface area contributed by atoms with Crippen LogP contribution in [0.3, 0.4) is 0 Å². The molecule has 8 nitrogen and oxygen atoms in total. The number of nitrogens with two attached hydrogens (primary N) is 3. The minimum Gasteiger partial charge on any atom is -0.480 e. The Balaban J connectivity index is 0.